The largest absolute Gasteiger partial charge is 0.493 e. The molecular weight excluding hydrogens is 1260 g/mol. The van der Waals surface area contributed by atoms with E-state index in [1.165, 1.54) is 0 Å². The highest BCUT2D eigenvalue weighted by molar-refractivity contribution is 7.99. The zero-order valence-electron chi connectivity index (χ0n) is 54.1. The van der Waals surface area contributed by atoms with Gasteiger partial charge in [0, 0.05) is 7.05 Å². The monoisotopic (exact) mass is 1340 g/mol. The lowest BCUT2D eigenvalue weighted by atomic mass is 9.84. The van der Waals surface area contributed by atoms with Crippen molar-refractivity contribution in [2.75, 3.05) is 79.5 Å². The van der Waals surface area contributed by atoms with Crippen molar-refractivity contribution < 1.29 is 38.1 Å². The standard InChI is InChI=1S/C75H85N7O8S4/c1-6-91-42-10-38-87-66-46-58(30-34-62(66)72(83)79-5)50-14-22-54(23-15-50)70(55-24-16-51(17-25-55)59-31-35-63(73(84)80-76)67(47-59)88-39-11-43-92-7-2)71(56-26-18-52(19-27-56)60-32-36-64(74(85)81-77)68(48-60)89-40-12-44-93-8-3)57-28-20-53(21-29-57)61-33-37-65(75(86)82-78)69(49-61)90-41-13-45-94-9-4/h14-37,46-49H,6-13,38-45,76-78H2,1-5H3,(H,79,83)(H,80,84)(H,81,85)(H,82,86). The predicted molar refractivity (Wildman–Crippen MR) is 393 cm³/mol. The smallest absolute Gasteiger partial charge is 0.268 e. The van der Waals surface area contributed by atoms with Gasteiger partial charge < -0.3 is 24.3 Å². The van der Waals surface area contributed by atoms with E-state index in [0.717, 1.165) is 150 Å². The normalized spacial score (nSPS) is 10.9. The Morgan fingerprint density at radius 2 is 0.532 bits per heavy atom. The fourth-order valence-corrected chi connectivity index (χ4v) is 13.0. The summed E-state index contributed by atoms with van der Waals surface area (Å²) in [6.07, 6.45) is 3.29. The molecule has 0 fully saturated rings. The predicted octanol–water partition coefficient (Wildman–Crippen LogP) is 14.6. The molecule has 8 aromatic carbocycles. The molecule has 19 heteroatoms. The molecular formula is C75H85N7O8S4. The number of hydrogen-bond acceptors (Lipinski definition) is 15. The topological polar surface area (TPSA) is 231 Å². The first-order valence-electron chi connectivity index (χ1n) is 31.8. The second-order valence-corrected chi connectivity index (χ2v) is 27.1. The molecule has 8 aromatic rings. The van der Waals surface area contributed by atoms with Crippen molar-refractivity contribution in [3.8, 4) is 67.5 Å². The molecule has 0 unspecified atom stereocenters. The molecule has 0 aliphatic carbocycles. The van der Waals surface area contributed by atoms with Crippen molar-refractivity contribution in [1.82, 2.24) is 21.6 Å². The van der Waals surface area contributed by atoms with Gasteiger partial charge in [0.1, 0.15) is 23.0 Å². The average molecular weight is 1340 g/mol. The number of ether oxygens (including phenoxy) is 4. The summed E-state index contributed by atoms with van der Waals surface area (Å²) < 4.78 is 25.2. The summed E-state index contributed by atoms with van der Waals surface area (Å²) in [4.78, 5) is 52.2. The zero-order valence-corrected chi connectivity index (χ0v) is 57.4. The van der Waals surface area contributed by atoms with Crippen LogP contribution >= 0.6 is 47.0 Å². The molecule has 492 valence electrons. The van der Waals surface area contributed by atoms with Crippen LogP contribution in [0.15, 0.2) is 170 Å². The van der Waals surface area contributed by atoms with E-state index < -0.39 is 17.7 Å². The first-order valence-corrected chi connectivity index (χ1v) is 36.4. The van der Waals surface area contributed by atoms with E-state index in [-0.39, 0.29) is 5.91 Å². The third-order valence-corrected chi connectivity index (χ3v) is 19.3. The third-order valence-electron chi connectivity index (χ3n) is 15.4. The van der Waals surface area contributed by atoms with Crippen LogP contribution in [0, 0.1) is 0 Å². The Balaban J connectivity index is 1.30. The lowest BCUT2D eigenvalue weighted by Crippen LogP contribution is -2.30. The van der Waals surface area contributed by atoms with E-state index in [2.05, 4.69) is 146 Å². The van der Waals surface area contributed by atoms with Gasteiger partial charge in [0.2, 0.25) is 0 Å². The molecule has 94 heavy (non-hydrogen) atoms. The number of nitrogens with two attached hydrogens (primary N) is 3. The maximum Gasteiger partial charge on any atom is 0.268 e. The summed E-state index contributed by atoms with van der Waals surface area (Å²) in [6, 6.07) is 56.0. The average Bonchev–Trinajstić information content (AvgIpc) is 0.780. The highest BCUT2D eigenvalue weighted by Crippen LogP contribution is 2.41. The Morgan fingerprint density at radius 1 is 0.319 bits per heavy atom. The van der Waals surface area contributed by atoms with Gasteiger partial charge >= 0.3 is 0 Å². The van der Waals surface area contributed by atoms with Gasteiger partial charge in [0.25, 0.3) is 23.6 Å². The molecule has 0 radical (unpaired) electrons. The van der Waals surface area contributed by atoms with E-state index in [1.807, 2.05) is 102 Å². The number of nitrogens with one attached hydrogen (secondary N) is 4. The molecule has 8 rings (SSSR count). The Bertz CT molecular complexity index is 3340. The number of hydrogen-bond donors (Lipinski definition) is 7. The first-order chi connectivity index (χ1) is 46.0. The van der Waals surface area contributed by atoms with Gasteiger partial charge in [-0.3, -0.25) is 35.5 Å². The molecule has 0 aromatic heterocycles. The number of carbonyl (C=O) groups excluding carboxylic acids is 4. The maximum atomic E-state index is 13.2. The number of hydrazine groups is 3. The Morgan fingerprint density at radius 3 is 0.734 bits per heavy atom. The Kier molecular flexibility index (Phi) is 28.7. The number of thioether (sulfide) groups is 4. The fourth-order valence-electron chi connectivity index (χ4n) is 10.6. The van der Waals surface area contributed by atoms with Crippen LogP contribution in [0.2, 0.25) is 0 Å². The van der Waals surface area contributed by atoms with Crippen LogP contribution in [0.4, 0.5) is 0 Å². The van der Waals surface area contributed by atoms with E-state index in [4.69, 9.17) is 36.5 Å². The number of nitrogen functional groups attached to an aromatic ring is 3. The summed E-state index contributed by atoms with van der Waals surface area (Å²) in [5, 5.41) is 2.77. The molecule has 0 heterocycles. The van der Waals surface area contributed by atoms with Crippen LogP contribution in [0.25, 0.3) is 55.7 Å². The number of amides is 4. The lowest BCUT2D eigenvalue weighted by molar-refractivity contribution is 0.0941. The van der Waals surface area contributed by atoms with Crippen LogP contribution in [0.3, 0.4) is 0 Å². The maximum absolute atomic E-state index is 13.2. The SMILES string of the molecule is CCSCCCOc1cc(-c2ccc(C(=C(c3ccc(-c4ccc(C(=O)NN)c(OCCCSCC)c4)cc3)c3ccc(-c4ccc(C(=O)NN)c(OCCCSCC)c4)cc3)c3ccc(-c4ccc(C(=O)NN)c(OCCCSCC)c4)cc3)cc2)ccc1C(=O)NC. The van der Waals surface area contributed by atoms with Crippen LogP contribution in [0.1, 0.15) is 117 Å². The third kappa shape index (κ3) is 19.5. The summed E-state index contributed by atoms with van der Waals surface area (Å²) in [5.41, 5.74) is 20.9. The fraction of sp³-hybridized carbons (Fsp3) is 0.280. The molecule has 15 nitrogen and oxygen atoms in total. The summed E-state index contributed by atoms with van der Waals surface area (Å²) in [5.74, 6) is 25.1. The van der Waals surface area contributed by atoms with Gasteiger partial charge in [0.15, 0.2) is 0 Å². The van der Waals surface area contributed by atoms with Crippen molar-refractivity contribution in [1.29, 1.82) is 0 Å². The second-order valence-electron chi connectivity index (χ2n) is 21.5. The highest BCUT2D eigenvalue weighted by atomic mass is 32.2. The molecule has 0 aliphatic heterocycles. The van der Waals surface area contributed by atoms with E-state index in [9.17, 15) is 19.2 Å². The minimum absolute atomic E-state index is 0.225. The van der Waals surface area contributed by atoms with Crippen molar-refractivity contribution in [2.45, 2.75) is 53.4 Å². The van der Waals surface area contributed by atoms with Gasteiger partial charge in [0.05, 0.1) is 48.7 Å². The molecule has 4 amide bonds. The van der Waals surface area contributed by atoms with Gasteiger partial charge in [-0.05, 0) is 198 Å². The molecule has 0 bridgehead atoms. The molecule has 0 atom stereocenters. The van der Waals surface area contributed by atoms with E-state index >= 15 is 0 Å². The van der Waals surface area contributed by atoms with Crippen LogP contribution in [-0.4, -0.2) is 103 Å². The van der Waals surface area contributed by atoms with Gasteiger partial charge in [-0.25, -0.2) is 17.5 Å². The quantitative estimate of drug-likeness (QED) is 0.00636. The first kappa shape index (κ1) is 71.7. The van der Waals surface area contributed by atoms with E-state index in [1.54, 1.807) is 25.2 Å². The zero-order chi connectivity index (χ0) is 66.6. The van der Waals surface area contributed by atoms with Crippen molar-refractivity contribution in [2.24, 2.45) is 17.5 Å². The molecule has 10 N–H and O–H groups in total. The van der Waals surface area contributed by atoms with Crippen molar-refractivity contribution in [3.63, 3.8) is 0 Å². The molecule has 0 saturated carbocycles. The van der Waals surface area contributed by atoms with Crippen molar-refractivity contribution in [3.05, 3.63) is 214 Å². The van der Waals surface area contributed by atoms with E-state index in [0.29, 0.717) is 71.7 Å². The Labute approximate surface area is 570 Å². The lowest BCUT2D eigenvalue weighted by Gasteiger charge is -2.20. The summed E-state index contributed by atoms with van der Waals surface area (Å²) >= 11 is 7.36. The molecule has 0 spiro atoms. The molecule has 0 saturated heterocycles. The number of carbonyl (C=O) groups is 4. The number of benzene rings is 8. The van der Waals surface area contributed by atoms with Gasteiger partial charge in [-0.2, -0.15) is 47.0 Å². The van der Waals surface area contributed by atoms with Crippen LogP contribution in [0.5, 0.6) is 23.0 Å². The number of rotatable bonds is 36. The molecule has 0 aliphatic rings. The second kappa shape index (κ2) is 37.7. The van der Waals surface area contributed by atoms with Crippen LogP contribution in [-0.2, 0) is 0 Å². The van der Waals surface area contributed by atoms with Gasteiger partial charge in [-0.15, -0.1) is 0 Å². The highest BCUT2D eigenvalue weighted by Gasteiger charge is 2.22. The minimum atomic E-state index is -0.443. The summed E-state index contributed by atoms with van der Waals surface area (Å²) in [7, 11) is 1.62. The Hall–Kier alpha value is -8.14. The van der Waals surface area contributed by atoms with Crippen molar-refractivity contribution >= 4 is 81.8 Å². The summed E-state index contributed by atoms with van der Waals surface area (Å²) in [6.45, 7) is 10.3. The van der Waals surface area contributed by atoms with Gasteiger partial charge in [-0.1, -0.05) is 149 Å². The minimum Gasteiger partial charge on any atom is -0.493 e. The van der Waals surface area contributed by atoms with Crippen LogP contribution < -0.4 is 58.1 Å².